The highest BCUT2D eigenvalue weighted by Gasteiger charge is 2.20. The maximum Gasteiger partial charge on any atom is 0.203 e. The van der Waals surface area contributed by atoms with Gasteiger partial charge in [0.25, 0.3) is 0 Å². The van der Waals surface area contributed by atoms with Gasteiger partial charge in [0, 0.05) is 26.8 Å². The van der Waals surface area contributed by atoms with Gasteiger partial charge in [-0.05, 0) is 11.7 Å². The minimum atomic E-state index is -0.793. The Morgan fingerprint density at radius 1 is 1.53 bits per heavy atom. The zero-order valence-corrected chi connectivity index (χ0v) is 9.90. The SMILES string of the molecule is [B]c1cc(/C(=N/NC)C(OC)OC)c(F)cn1. The summed E-state index contributed by atoms with van der Waals surface area (Å²) in [6.07, 6.45) is 0.233. The summed E-state index contributed by atoms with van der Waals surface area (Å²) in [7, 11) is 9.96. The first-order valence-electron chi connectivity index (χ1n) is 4.85. The van der Waals surface area contributed by atoms with Gasteiger partial charge in [0.15, 0.2) is 5.82 Å². The van der Waals surface area contributed by atoms with Crippen LogP contribution < -0.4 is 11.0 Å². The van der Waals surface area contributed by atoms with Gasteiger partial charge in [0.2, 0.25) is 6.29 Å². The molecule has 0 unspecified atom stereocenters. The Morgan fingerprint density at radius 2 is 2.18 bits per heavy atom. The minimum Gasteiger partial charge on any atom is -0.350 e. The molecule has 90 valence electrons. The predicted octanol–water partition coefficient (Wildman–Crippen LogP) is -0.443. The molecule has 0 amide bonds. The van der Waals surface area contributed by atoms with Crippen molar-refractivity contribution in [1.29, 1.82) is 0 Å². The fourth-order valence-corrected chi connectivity index (χ4v) is 1.33. The lowest BCUT2D eigenvalue weighted by molar-refractivity contribution is -0.0518. The molecule has 1 aromatic heterocycles. The monoisotopic (exact) mass is 237 g/mol. The topological polar surface area (TPSA) is 55.7 Å². The summed E-state index contributed by atoms with van der Waals surface area (Å²) in [5.41, 5.74) is 3.19. The van der Waals surface area contributed by atoms with Crippen molar-refractivity contribution in [3.05, 3.63) is 23.6 Å². The van der Waals surface area contributed by atoms with Gasteiger partial charge in [-0.1, -0.05) is 0 Å². The Kier molecular flexibility index (Phi) is 5.05. The third kappa shape index (κ3) is 3.24. The Morgan fingerprint density at radius 3 is 2.71 bits per heavy atom. The zero-order chi connectivity index (χ0) is 12.8. The second-order valence-corrected chi connectivity index (χ2v) is 3.11. The van der Waals surface area contributed by atoms with Crippen molar-refractivity contribution in [2.45, 2.75) is 6.29 Å². The summed E-state index contributed by atoms with van der Waals surface area (Å²) in [5, 5.41) is 3.93. The van der Waals surface area contributed by atoms with Gasteiger partial charge in [0.05, 0.1) is 6.20 Å². The summed E-state index contributed by atoms with van der Waals surface area (Å²) in [6, 6.07) is 1.37. The Labute approximate surface area is 100 Å². The molecule has 0 saturated carbocycles. The van der Waals surface area contributed by atoms with Crippen molar-refractivity contribution in [3.63, 3.8) is 0 Å². The van der Waals surface area contributed by atoms with Gasteiger partial charge in [-0.3, -0.25) is 4.98 Å². The molecular formula is C10H13BFN3O2. The summed E-state index contributed by atoms with van der Waals surface area (Å²) < 4.78 is 23.7. The first kappa shape index (κ1) is 13.6. The number of pyridine rings is 1. The van der Waals surface area contributed by atoms with Gasteiger partial charge in [0.1, 0.15) is 13.6 Å². The van der Waals surface area contributed by atoms with Gasteiger partial charge in [-0.25, -0.2) is 4.39 Å². The lowest BCUT2D eigenvalue weighted by Crippen LogP contribution is -2.30. The molecule has 0 aliphatic carbocycles. The van der Waals surface area contributed by atoms with Gasteiger partial charge < -0.3 is 14.9 Å². The van der Waals surface area contributed by atoms with Gasteiger partial charge in [-0.15, -0.1) is 0 Å². The lowest BCUT2D eigenvalue weighted by atomic mass is 9.99. The van der Waals surface area contributed by atoms with E-state index >= 15 is 0 Å². The molecule has 0 atom stereocenters. The second-order valence-electron chi connectivity index (χ2n) is 3.11. The lowest BCUT2D eigenvalue weighted by Gasteiger charge is -2.16. The number of hydrogen-bond donors (Lipinski definition) is 1. The number of hydrogen-bond acceptors (Lipinski definition) is 5. The quantitative estimate of drug-likeness (QED) is 0.326. The molecule has 1 rings (SSSR count). The number of hydrazone groups is 1. The molecule has 1 aromatic rings. The standard InChI is InChI=1S/C10H13BFN3O2/c1-13-15-9(10(16-2)17-3)6-4-8(11)14-5-7(6)12/h4-5,10,13H,1-3H3/b15-9-. The van der Waals surface area contributed by atoms with Crippen LogP contribution in [-0.4, -0.2) is 46.1 Å². The molecule has 2 radical (unpaired) electrons. The Bertz CT molecular complexity index is 411. The van der Waals surface area contributed by atoms with E-state index in [1.807, 2.05) is 0 Å². The molecule has 0 aliphatic rings. The number of ether oxygens (including phenoxy) is 2. The minimum absolute atomic E-state index is 0.181. The smallest absolute Gasteiger partial charge is 0.203 e. The van der Waals surface area contributed by atoms with Gasteiger partial charge in [-0.2, -0.15) is 5.10 Å². The number of rotatable bonds is 5. The third-order valence-corrected chi connectivity index (χ3v) is 2.04. The van der Waals surface area contributed by atoms with Crippen LogP contribution >= 0.6 is 0 Å². The highest BCUT2D eigenvalue weighted by molar-refractivity contribution is 6.31. The molecule has 0 fully saturated rings. The Hall–Kier alpha value is -1.47. The van der Waals surface area contributed by atoms with Gasteiger partial charge >= 0.3 is 0 Å². The zero-order valence-electron chi connectivity index (χ0n) is 9.90. The highest BCUT2D eigenvalue weighted by atomic mass is 19.1. The van der Waals surface area contributed by atoms with E-state index < -0.39 is 12.1 Å². The largest absolute Gasteiger partial charge is 0.350 e. The van der Waals surface area contributed by atoms with Crippen molar-refractivity contribution in [3.8, 4) is 0 Å². The second kappa shape index (κ2) is 6.31. The van der Waals surface area contributed by atoms with Crippen LogP contribution in [0.25, 0.3) is 0 Å². The Balaban J connectivity index is 3.22. The molecule has 0 aliphatic heterocycles. The van der Waals surface area contributed by atoms with Crippen LogP contribution in [0.15, 0.2) is 17.4 Å². The van der Waals surface area contributed by atoms with Crippen molar-refractivity contribution in [2.24, 2.45) is 5.10 Å². The normalized spacial score (nSPS) is 11.9. The summed E-state index contributed by atoms with van der Waals surface area (Å²) in [5.74, 6) is -0.549. The average molecular weight is 237 g/mol. The van der Waals surface area contributed by atoms with E-state index in [0.717, 1.165) is 6.20 Å². The number of halogens is 1. The molecular weight excluding hydrogens is 224 g/mol. The molecule has 0 saturated heterocycles. The summed E-state index contributed by atoms with van der Waals surface area (Å²) >= 11 is 0. The number of methoxy groups -OCH3 is 2. The molecule has 1 heterocycles. The molecule has 5 nitrogen and oxygen atoms in total. The van der Waals surface area contributed by atoms with E-state index in [0.29, 0.717) is 0 Å². The summed E-state index contributed by atoms with van der Waals surface area (Å²) in [4.78, 5) is 3.64. The van der Waals surface area contributed by atoms with Crippen molar-refractivity contribution >= 4 is 19.2 Å². The van der Waals surface area contributed by atoms with Crippen LogP contribution in [0.2, 0.25) is 0 Å². The van der Waals surface area contributed by atoms with Crippen molar-refractivity contribution in [2.75, 3.05) is 21.3 Å². The average Bonchev–Trinajstić information content (AvgIpc) is 2.33. The predicted molar refractivity (Wildman–Crippen MR) is 63.0 cm³/mol. The molecule has 1 N–H and O–H groups in total. The van der Waals surface area contributed by atoms with E-state index in [2.05, 4.69) is 15.5 Å². The molecule has 7 heteroatoms. The van der Waals surface area contributed by atoms with E-state index in [9.17, 15) is 4.39 Å². The van der Waals surface area contributed by atoms with Crippen molar-refractivity contribution < 1.29 is 13.9 Å². The van der Waals surface area contributed by atoms with Crippen LogP contribution in [0.4, 0.5) is 4.39 Å². The van der Waals surface area contributed by atoms with E-state index in [1.165, 1.54) is 20.3 Å². The molecule has 0 aromatic carbocycles. The number of aromatic nitrogens is 1. The van der Waals surface area contributed by atoms with Crippen LogP contribution in [0.3, 0.4) is 0 Å². The molecule has 0 spiro atoms. The van der Waals surface area contributed by atoms with Crippen molar-refractivity contribution in [1.82, 2.24) is 10.4 Å². The maximum absolute atomic E-state index is 13.6. The van der Waals surface area contributed by atoms with E-state index in [4.69, 9.17) is 17.3 Å². The van der Waals surface area contributed by atoms with Crippen LogP contribution in [0.1, 0.15) is 5.56 Å². The first-order valence-corrected chi connectivity index (χ1v) is 4.85. The summed E-state index contributed by atoms with van der Waals surface area (Å²) in [6.45, 7) is 0. The van der Waals surface area contributed by atoms with Crippen LogP contribution in [-0.2, 0) is 9.47 Å². The van der Waals surface area contributed by atoms with Crippen LogP contribution in [0, 0.1) is 5.82 Å². The van der Waals surface area contributed by atoms with E-state index in [1.54, 1.807) is 7.05 Å². The first-order chi connectivity index (χ1) is 8.13. The molecule has 0 bridgehead atoms. The van der Waals surface area contributed by atoms with E-state index in [-0.39, 0.29) is 16.9 Å². The number of nitrogens with zero attached hydrogens (tertiary/aromatic N) is 2. The third-order valence-electron chi connectivity index (χ3n) is 2.04. The fraction of sp³-hybridized carbons (Fsp3) is 0.400. The maximum atomic E-state index is 13.6. The fourth-order valence-electron chi connectivity index (χ4n) is 1.33. The number of nitrogens with one attached hydrogen (secondary N) is 1. The van der Waals surface area contributed by atoms with Crippen LogP contribution in [0.5, 0.6) is 0 Å². The molecule has 17 heavy (non-hydrogen) atoms. The highest BCUT2D eigenvalue weighted by Crippen LogP contribution is 2.10.